The predicted molar refractivity (Wildman–Crippen MR) is 91.1 cm³/mol. The van der Waals surface area contributed by atoms with Gasteiger partial charge < -0.3 is 9.84 Å². The second-order valence-corrected chi connectivity index (χ2v) is 7.61. The largest absolute Gasteiger partial charge is 0.443 e. The van der Waals surface area contributed by atoms with Crippen LogP contribution in [0.5, 0.6) is 0 Å². The van der Waals surface area contributed by atoms with Gasteiger partial charge in [-0.15, -0.1) is 0 Å². The van der Waals surface area contributed by atoms with Gasteiger partial charge in [0.25, 0.3) is 0 Å². The Labute approximate surface area is 139 Å². The number of hydrogen-bond donors (Lipinski definition) is 1. The molecule has 22 heavy (non-hydrogen) atoms. The van der Waals surface area contributed by atoms with Crippen LogP contribution >= 0.6 is 15.9 Å². The summed E-state index contributed by atoms with van der Waals surface area (Å²) >= 11 is 3.49. The summed E-state index contributed by atoms with van der Waals surface area (Å²) in [5.41, 5.74) is 0.967. The first-order chi connectivity index (χ1) is 10.1. The summed E-state index contributed by atoms with van der Waals surface area (Å²) in [7, 11) is 0. The number of carbonyl (C=O) groups excluding carboxylic acids is 1. The van der Waals surface area contributed by atoms with E-state index in [0.717, 1.165) is 20.9 Å². The maximum Gasteiger partial charge on any atom is 0.419 e. The van der Waals surface area contributed by atoms with Crippen molar-refractivity contribution in [2.24, 2.45) is 5.92 Å². The molecule has 0 unspecified atom stereocenters. The zero-order valence-corrected chi connectivity index (χ0v) is 15.1. The molecule has 0 aliphatic carbocycles. The number of hydrogen-bond acceptors (Lipinski definition) is 3. The number of halogens is 1. The fourth-order valence-corrected chi connectivity index (χ4v) is 2.97. The average Bonchev–Trinajstić information content (AvgIpc) is 2.73. The Hall–Kier alpha value is -1.33. The van der Waals surface area contributed by atoms with E-state index in [0.29, 0.717) is 0 Å². The van der Waals surface area contributed by atoms with Crippen molar-refractivity contribution in [2.75, 3.05) is 0 Å². The quantitative estimate of drug-likeness (QED) is 0.822. The number of aromatic nitrogens is 1. The summed E-state index contributed by atoms with van der Waals surface area (Å²) in [5, 5.41) is 11.3. The number of aliphatic hydroxyl groups is 1. The van der Waals surface area contributed by atoms with Gasteiger partial charge in [-0.3, -0.25) is 4.57 Å². The molecule has 0 fully saturated rings. The van der Waals surface area contributed by atoms with Crippen LogP contribution in [0.25, 0.3) is 10.9 Å². The molecule has 0 spiro atoms. The molecule has 1 aromatic carbocycles. The van der Waals surface area contributed by atoms with Gasteiger partial charge in [-0.05, 0) is 54.2 Å². The third-order valence-corrected chi connectivity index (χ3v) is 3.96. The Kier molecular flexibility index (Phi) is 4.68. The third-order valence-electron chi connectivity index (χ3n) is 3.36. The first-order valence-corrected chi connectivity index (χ1v) is 8.12. The number of nitrogens with zero attached hydrogens (tertiary/aromatic N) is 1. The SMILES string of the molecule is CC(C)[C@H](O)c1cccc2c1c(Br)cn2C(=O)OC(C)(C)C. The summed E-state index contributed by atoms with van der Waals surface area (Å²) in [5.74, 6) is 0.0855. The fraction of sp³-hybridized carbons (Fsp3) is 0.471. The number of rotatable bonds is 2. The molecule has 0 radical (unpaired) electrons. The van der Waals surface area contributed by atoms with Gasteiger partial charge in [-0.25, -0.2) is 4.79 Å². The summed E-state index contributed by atoms with van der Waals surface area (Å²) in [4.78, 5) is 12.4. The van der Waals surface area contributed by atoms with E-state index in [9.17, 15) is 9.90 Å². The van der Waals surface area contributed by atoms with E-state index in [1.807, 2.05) is 52.8 Å². The van der Waals surface area contributed by atoms with Crippen molar-refractivity contribution in [3.05, 3.63) is 34.4 Å². The molecule has 0 bridgehead atoms. The maximum atomic E-state index is 12.4. The van der Waals surface area contributed by atoms with E-state index >= 15 is 0 Å². The van der Waals surface area contributed by atoms with Crippen molar-refractivity contribution in [1.82, 2.24) is 4.57 Å². The number of carbonyl (C=O) groups is 1. The molecule has 1 aromatic heterocycles. The van der Waals surface area contributed by atoms with Gasteiger partial charge >= 0.3 is 6.09 Å². The van der Waals surface area contributed by atoms with E-state index in [4.69, 9.17) is 4.74 Å². The van der Waals surface area contributed by atoms with E-state index in [2.05, 4.69) is 15.9 Å². The minimum Gasteiger partial charge on any atom is -0.443 e. The predicted octanol–water partition coefficient (Wildman–Crippen LogP) is 4.88. The van der Waals surface area contributed by atoms with Crippen molar-refractivity contribution in [2.45, 2.75) is 46.3 Å². The molecular formula is C17H22BrNO3. The lowest BCUT2D eigenvalue weighted by Crippen LogP contribution is -2.26. The highest BCUT2D eigenvalue weighted by atomic mass is 79.9. The summed E-state index contributed by atoms with van der Waals surface area (Å²) < 4.78 is 7.67. The van der Waals surface area contributed by atoms with Crippen LogP contribution in [-0.2, 0) is 4.74 Å². The van der Waals surface area contributed by atoms with Gasteiger partial charge in [0.05, 0.1) is 11.6 Å². The fourth-order valence-electron chi connectivity index (χ4n) is 2.33. The minimum absolute atomic E-state index is 0.0855. The van der Waals surface area contributed by atoms with Gasteiger partial charge in [0.2, 0.25) is 0 Å². The van der Waals surface area contributed by atoms with E-state index in [1.54, 1.807) is 6.20 Å². The molecule has 0 aliphatic heterocycles. The van der Waals surface area contributed by atoms with Crippen LogP contribution in [0.1, 0.15) is 46.3 Å². The van der Waals surface area contributed by atoms with E-state index in [1.165, 1.54) is 4.57 Å². The zero-order chi connectivity index (χ0) is 16.7. The highest BCUT2D eigenvalue weighted by molar-refractivity contribution is 9.10. The van der Waals surface area contributed by atoms with E-state index in [-0.39, 0.29) is 5.92 Å². The number of ether oxygens (including phenoxy) is 1. The monoisotopic (exact) mass is 367 g/mol. The van der Waals surface area contributed by atoms with Crippen LogP contribution in [0.2, 0.25) is 0 Å². The summed E-state index contributed by atoms with van der Waals surface area (Å²) in [6.07, 6.45) is 0.670. The smallest absolute Gasteiger partial charge is 0.419 e. The van der Waals surface area contributed by atoms with Crippen LogP contribution in [0.3, 0.4) is 0 Å². The van der Waals surface area contributed by atoms with Crippen molar-refractivity contribution >= 4 is 32.9 Å². The zero-order valence-electron chi connectivity index (χ0n) is 13.6. The number of aliphatic hydroxyl groups excluding tert-OH is 1. The lowest BCUT2D eigenvalue weighted by molar-refractivity contribution is 0.0544. The molecule has 1 atom stereocenters. The van der Waals surface area contributed by atoms with E-state index < -0.39 is 17.8 Å². The molecule has 0 aliphatic rings. The first-order valence-electron chi connectivity index (χ1n) is 7.32. The van der Waals surface area contributed by atoms with Crippen LogP contribution in [0.4, 0.5) is 4.79 Å². The molecule has 2 aromatic rings. The Balaban J connectivity index is 2.57. The highest BCUT2D eigenvalue weighted by Crippen LogP contribution is 2.35. The molecular weight excluding hydrogens is 346 g/mol. The molecule has 120 valence electrons. The second-order valence-electron chi connectivity index (χ2n) is 6.76. The standard InChI is InChI=1S/C17H22BrNO3/c1-10(2)15(20)11-7-6-8-13-14(11)12(18)9-19(13)16(21)22-17(3,4)5/h6-10,15,20H,1-5H3/t15-/m0/s1. The van der Waals surface area contributed by atoms with Crippen molar-refractivity contribution < 1.29 is 14.6 Å². The normalized spacial score (nSPS) is 13.6. The van der Waals surface area contributed by atoms with Crippen molar-refractivity contribution in [1.29, 1.82) is 0 Å². The van der Waals surface area contributed by atoms with Gasteiger partial charge in [0.1, 0.15) is 5.60 Å². The highest BCUT2D eigenvalue weighted by Gasteiger charge is 2.23. The first kappa shape index (κ1) is 17.0. The molecule has 1 heterocycles. The van der Waals surface area contributed by atoms with Crippen LogP contribution < -0.4 is 0 Å². The van der Waals surface area contributed by atoms with Gasteiger partial charge in [-0.1, -0.05) is 26.0 Å². The molecule has 4 nitrogen and oxygen atoms in total. The van der Waals surface area contributed by atoms with Crippen molar-refractivity contribution in [3.63, 3.8) is 0 Å². The Morgan fingerprint density at radius 2 is 1.95 bits per heavy atom. The molecule has 0 amide bonds. The molecule has 0 saturated carbocycles. The van der Waals surface area contributed by atoms with Gasteiger partial charge in [0, 0.05) is 16.1 Å². The van der Waals surface area contributed by atoms with Crippen LogP contribution in [0.15, 0.2) is 28.9 Å². The third kappa shape index (κ3) is 3.36. The maximum absolute atomic E-state index is 12.4. The Morgan fingerprint density at radius 3 is 2.50 bits per heavy atom. The lowest BCUT2D eigenvalue weighted by Gasteiger charge is -2.20. The topological polar surface area (TPSA) is 51.5 Å². The van der Waals surface area contributed by atoms with Gasteiger partial charge in [-0.2, -0.15) is 0 Å². The number of benzene rings is 1. The molecule has 5 heteroatoms. The molecule has 1 N–H and O–H groups in total. The summed E-state index contributed by atoms with van der Waals surface area (Å²) in [6.45, 7) is 9.42. The lowest BCUT2D eigenvalue weighted by atomic mass is 9.96. The summed E-state index contributed by atoms with van der Waals surface area (Å²) in [6, 6.07) is 5.58. The minimum atomic E-state index is -0.588. The molecule has 0 saturated heterocycles. The van der Waals surface area contributed by atoms with Crippen LogP contribution in [0, 0.1) is 5.92 Å². The Morgan fingerprint density at radius 1 is 1.32 bits per heavy atom. The second kappa shape index (κ2) is 6.05. The van der Waals surface area contributed by atoms with Crippen LogP contribution in [-0.4, -0.2) is 21.4 Å². The van der Waals surface area contributed by atoms with Gasteiger partial charge in [0.15, 0.2) is 0 Å². The molecule has 2 rings (SSSR count). The Bertz CT molecular complexity index is 698. The number of fused-ring (bicyclic) bond motifs is 1. The average molecular weight is 368 g/mol. The van der Waals surface area contributed by atoms with Crippen molar-refractivity contribution in [3.8, 4) is 0 Å².